The van der Waals surface area contributed by atoms with Crippen molar-refractivity contribution in [1.82, 2.24) is 13.8 Å². The maximum Gasteiger partial charge on any atom is 0.146 e. The van der Waals surface area contributed by atoms with Crippen LogP contribution in [-0.4, -0.2) is 13.8 Å². The van der Waals surface area contributed by atoms with Crippen LogP contribution in [0.1, 0.15) is 0 Å². The molecule has 2 rings (SSSR count). The summed E-state index contributed by atoms with van der Waals surface area (Å²) in [4.78, 5) is 0. The van der Waals surface area contributed by atoms with E-state index in [1.165, 1.54) is 4.09 Å². The number of aromatic nitrogens is 3. The van der Waals surface area contributed by atoms with E-state index in [4.69, 9.17) is 0 Å². The van der Waals surface area contributed by atoms with E-state index in [1.54, 1.807) is 6.20 Å². The lowest BCUT2D eigenvalue weighted by Crippen LogP contribution is -1.95. The van der Waals surface area contributed by atoms with Crippen molar-refractivity contribution in [1.29, 1.82) is 0 Å². The van der Waals surface area contributed by atoms with E-state index >= 15 is 0 Å². The zero-order chi connectivity index (χ0) is 7.68. The highest BCUT2D eigenvalue weighted by molar-refractivity contribution is 7.78. The van der Waals surface area contributed by atoms with Crippen LogP contribution in [0.4, 0.5) is 0 Å². The third-order valence-corrected chi connectivity index (χ3v) is 1.78. The van der Waals surface area contributed by atoms with Crippen molar-refractivity contribution in [2.24, 2.45) is 0 Å². The lowest BCUT2D eigenvalue weighted by atomic mass is 10.6. The third-order valence-electron chi connectivity index (χ3n) is 1.47. The van der Waals surface area contributed by atoms with Gasteiger partial charge in [-0.05, 0) is 24.9 Å². The Balaban J connectivity index is 2.53. The number of rotatable bonds is 1. The molecule has 0 bridgehead atoms. The molecule has 0 spiro atoms. The Morgan fingerprint density at radius 1 is 1.27 bits per heavy atom. The Labute approximate surface area is 69.8 Å². The van der Waals surface area contributed by atoms with E-state index in [1.807, 2.05) is 35.2 Å². The second kappa shape index (κ2) is 2.47. The second-order valence-electron chi connectivity index (χ2n) is 2.17. The van der Waals surface area contributed by atoms with Crippen molar-refractivity contribution in [2.45, 2.75) is 0 Å². The van der Waals surface area contributed by atoms with Crippen LogP contribution in [0.15, 0.2) is 36.8 Å². The first-order valence-corrected chi connectivity index (χ1v) is 3.64. The minimum absolute atomic E-state index is 0.943. The Morgan fingerprint density at radius 2 is 2.00 bits per heavy atom. The summed E-state index contributed by atoms with van der Waals surface area (Å²) < 4.78 is 3.47. The van der Waals surface area contributed by atoms with Crippen LogP contribution in [-0.2, 0) is 0 Å². The fourth-order valence-corrected chi connectivity index (χ4v) is 1.20. The molecule has 2 aromatic heterocycles. The fourth-order valence-electron chi connectivity index (χ4n) is 0.966. The molecule has 0 unspecified atom stereocenters. The van der Waals surface area contributed by atoms with Gasteiger partial charge in [0.25, 0.3) is 0 Å². The maximum absolute atomic E-state index is 4.12. The van der Waals surface area contributed by atoms with Gasteiger partial charge in [0.2, 0.25) is 0 Å². The van der Waals surface area contributed by atoms with Crippen molar-refractivity contribution in [3.05, 3.63) is 36.8 Å². The standard InChI is InChI=1S/C7H7N3S/c11-10-7(3-4-8-10)9-5-1-2-6-9/h1-6,11H. The van der Waals surface area contributed by atoms with Gasteiger partial charge in [0, 0.05) is 18.5 Å². The van der Waals surface area contributed by atoms with Crippen LogP contribution in [0, 0.1) is 0 Å². The lowest BCUT2D eigenvalue weighted by Gasteiger charge is -1.99. The van der Waals surface area contributed by atoms with E-state index in [-0.39, 0.29) is 0 Å². The number of hydrogen-bond acceptors (Lipinski definition) is 2. The summed E-state index contributed by atoms with van der Waals surface area (Å²) in [5.41, 5.74) is 0. The predicted octanol–water partition coefficient (Wildman–Crippen LogP) is 1.37. The fraction of sp³-hybridized carbons (Fsp3) is 0. The van der Waals surface area contributed by atoms with Crippen molar-refractivity contribution in [2.75, 3.05) is 0 Å². The highest BCUT2D eigenvalue weighted by Crippen LogP contribution is 2.07. The Kier molecular flexibility index (Phi) is 1.47. The zero-order valence-corrected chi connectivity index (χ0v) is 6.65. The molecule has 3 nitrogen and oxygen atoms in total. The van der Waals surface area contributed by atoms with Gasteiger partial charge < -0.3 is 4.57 Å². The first-order valence-electron chi connectivity index (χ1n) is 3.24. The van der Waals surface area contributed by atoms with Crippen LogP contribution in [0.2, 0.25) is 0 Å². The molecule has 0 saturated carbocycles. The SMILES string of the molecule is Sn1nccc1-n1cccc1. The first kappa shape index (κ1) is 6.54. The summed E-state index contributed by atoms with van der Waals surface area (Å²) in [7, 11) is 0. The van der Waals surface area contributed by atoms with Gasteiger partial charge in [0.15, 0.2) is 0 Å². The first-order chi connectivity index (χ1) is 5.38. The molecule has 0 N–H and O–H groups in total. The van der Waals surface area contributed by atoms with Gasteiger partial charge in [-0.3, -0.25) is 0 Å². The molecule has 0 fully saturated rings. The average Bonchev–Trinajstić information content (AvgIpc) is 2.55. The molecule has 0 saturated heterocycles. The van der Waals surface area contributed by atoms with Gasteiger partial charge in [-0.25, -0.2) is 0 Å². The van der Waals surface area contributed by atoms with E-state index in [0.29, 0.717) is 0 Å². The van der Waals surface area contributed by atoms with Gasteiger partial charge in [-0.1, -0.05) is 0 Å². The van der Waals surface area contributed by atoms with Gasteiger partial charge in [0.05, 0.1) is 6.20 Å². The van der Waals surface area contributed by atoms with Gasteiger partial charge >= 0.3 is 0 Å². The van der Waals surface area contributed by atoms with Crippen LogP contribution in [0.3, 0.4) is 0 Å². The molecular formula is C7H7N3S. The Bertz CT molecular complexity index is 336. The molecule has 0 atom stereocenters. The number of thiol groups is 1. The molecule has 0 radical (unpaired) electrons. The molecule has 0 aromatic carbocycles. The average molecular weight is 165 g/mol. The summed E-state index contributed by atoms with van der Waals surface area (Å²) >= 11 is 4.12. The van der Waals surface area contributed by atoms with Crippen molar-refractivity contribution >= 4 is 12.8 Å². The molecule has 2 aromatic rings. The highest BCUT2D eigenvalue weighted by atomic mass is 32.1. The van der Waals surface area contributed by atoms with Crippen molar-refractivity contribution in [3.63, 3.8) is 0 Å². The van der Waals surface area contributed by atoms with Crippen molar-refractivity contribution in [3.8, 4) is 5.82 Å². The van der Waals surface area contributed by atoms with Crippen molar-refractivity contribution < 1.29 is 0 Å². The number of nitrogens with zero attached hydrogens (tertiary/aromatic N) is 3. The Morgan fingerprint density at radius 3 is 2.55 bits per heavy atom. The minimum Gasteiger partial charge on any atom is -0.308 e. The summed E-state index contributed by atoms with van der Waals surface area (Å²) in [5, 5.41) is 3.93. The minimum atomic E-state index is 0.943. The van der Waals surface area contributed by atoms with Crippen LogP contribution in [0.25, 0.3) is 5.82 Å². The molecule has 0 aliphatic rings. The van der Waals surface area contributed by atoms with E-state index in [2.05, 4.69) is 17.9 Å². The maximum atomic E-state index is 4.12. The molecule has 56 valence electrons. The molecule has 4 heteroatoms. The number of hydrogen-bond donors (Lipinski definition) is 1. The van der Waals surface area contributed by atoms with E-state index in [0.717, 1.165) is 5.82 Å². The zero-order valence-electron chi connectivity index (χ0n) is 5.75. The Hall–Kier alpha value is -1.16. The summed E-state index contributed by atoms with van der Waals surface area (Å²) in [5.74, 6) is 0.943. The smallest absolute Gasteiger partial charge is 0.146 e. The monoisotopic (exact) mass is 165 g/mol. The normalized spacial score (nSPS) is 10.3. The van der Waals surface area contributed by atoms with Crippen LogP contribution < -0.4 is 0 Å². The summed E-state index contributed by atoms with van der Waals surface area (Å²) in [6.07, 6.45) is 5.61. The largest absolute Gasteiger partial charge is 0.308 e. The molecule has 0 aliphatic carbocycles. The summed E-state index contributed by atoms with van der Waals surface area (Å²) in [6, 6.07) is 5.81. The van der Waals surface area contributed by atoms with Gasteiger partial charge in [-0.15, -0.1) is 0 Å². The van der Waals surface area contributed by atoms with Crippen LogP contribution >= 0.6 is 12.8 Å². The lowest BCUT2D eigenvalue weighted by molar-refractivity contribution is 0.922. The highest BCUT2D eigenvalue weighted by Gasteiger charge is 1.97. The summed E-state index contributed by atoms with van der Waals surface area (Å²) in [6.45, 7) is 0. The molecule has 11 heavy (non-hydrogen) atoms. The predicted molar refractivity (Wildman–Crippen MR) is 45.9 cm³/mol. The van der Waals surface area contributed by atoms with Gasteiger partial charge in [0.1, 0.15) is 5.82 Å². The topological polar surface area (TPSA) is 22.8 Å². The second-order valence-corrected chi connectivity index (χ2v) is 2.55. The molecule has 2 heterocycles. The quantitative estimate of drug-likeness (QED) is 0.633. The van der Waals surface area contributed by atoms with E-state index in [9.17, 15) is 0 Å². The molecular weight excluding hydrogens is 158 g/mol. The molecule has 0 aliphatic heterocycles. The van der Waals surface area contributed by atoms with Crippen LogP contribution in [0.5, 0.6) is 0 Å². The van der Waals surface area contributed by atoms with E-state index < -0.39 is 0 Å². The van der Waals surface area contributed by atoms with Gasteiger partial charge in [-0.2, -0.15) is 9.19 Å². The molecule has 0 amide bonds. The third kappa shape index (κ3) is 1.05.